The van der Waals surface area contributed by atoms with E-state index in [4.69, 9.17) is 5.11 Å². The van der Waals surface area contributed by atoms with Gasteiger partial charge in [0.05, 0.1) is 0 Å². The van der Waals surface area contributed by atoms with Gasteiger partial charge in [-0.25, -0.2) is 0 Å². The van der Waals surface area contributed by atoms with Crippen LogP contribution in [-0.2, 0) is 9.59 Å². The lowest BCUT2D eigenvalue weighted by Crippen LogP contribution is -2.48. The molecular weight excluding hydrogens is 270 g/mol. The minimum absolute atomic E-state index is 0.0315. The van der Waals surface area contributed by atoms with Crippen LogP contribution < -0.4 is 5.32 Å². The minimum atomic E-state index is -0.440. The topological polar surface area (TPSA) is 72.9 Å². The summed E-state index contributed by atoms with van der Waals surface area (Å²) in [6, 6.07) is 0. The maximum Gasteiger partial charge on any atom is 0.248 e. The molecule has 1 saturated heterocycles. The predicted octanol–water partition coefficient (Wildman–Crippen LogP) is 0.233. The van der Waals surface area contributed by atoms with Crippen molar-refractivity contribution in [1.29, 1.82) is 0 Å². The van der Waals surface area contributed by atoms with Gasteiger partial charge < -0.3 is 20.2 Å². The van der Waals surface area contributed by atoms with Crippen molar-refractivity contribution < 1.29 is 14.7 Å². The number of aliphatic hydroxyl groups excluding tert-OH is 1. The molecular formula is C15H23N3O3. The van der Waals surface area contributed by atoms with Crippen molar-refractivity contribution >= 4 is 11.8 Å². The van der Waals surface area contributed by atoms with E-state index in [0.717, 1.165) is 5.70 Å². The first-order chi connectivity index (χ1) is 10.1. The van der Waals surface area contributed by atoms with Gasteiger partial charge in [-0.05, 0) is 18.2 Å². The maximum absolute atomic E-state index is 11.4. The lowest BCUT2D eigenvalue weighted by atomic mass is 10.2. The molecule has 0 aromatic rings. The van der Waals surface area contributed by atoms with Crippen molar-refractivity contribution in [2.24, 2.45) is 0 Å². The van der Waals surface area contributed by atoms with Crippen molar-refractivity contribution in [3.05, 3.63) is 36.7 Å². The van der Waals surface area contributed by atoms with E-state index in [0.29, 0.717) is 32.6 Å². The second-order valence-electron chi connectivity index (χ2n) is 4.60. The summed E-state index contributed by atoms with van der Waals surface area (Å²) in [5.41, 5.74) is 0.938. The van der Waals surface area contributed by atoms with E-state index in [1.54, 1.807) is 30.2 Å². The van der Waals surface area contributed by atoms with E-state index in [-0.39, 0.29) is 11.8 Å². The van der Waals surface area contributed by atoms with Crippen LogP contribution in [0.5, 0.6) is 0 Å². The Hall–Kier alpha value is -2.08. The molecule has 116 valence electrons. The van der Waals surface area contributed by atoms with Crippen molar-refractivity contribution in [3.63, 3.8) is 0 Å². The van der Waals surface area contributed by atoms with Gasteiger partial charge in [-0.1, -0.05) is 13.5 Å². The van der Waals surface area contributed by atoms with Crippen molar-refractivity contribution in [3.8, 4) is 0 Å². The predicted molar refractivity (Wildman–Crippen MR) is 81.1 cm³/mol. The number of carbonyl (C=O) groups is 2. The zero-order valence-corrected chi connectivity index (χ0v) is 12.4. The average molecular weight is 293 g/mol. The molecule has 0 aromatic carbocycles. The Labute approximate surface area is 125 Å². The summed E-state index contributed by atoms with van der Waals surface area (Å²) in [6.07, 6.45) is 7.42. The van der Waals surface area contributed by atoms with Crippen LogP contribution in [0.4, 0.5) is 0 Å². The van der Waals surface area contributed by atoms with Crippen LogP contribution in [0.1, 0.15) is 13.3 Å². The summed E-state index contributed by atoms with van der Waals surface area (Å²) in [5, 5.41) is 11.5. The van der Waals surface area contributed by atoms with E-state index in [2.05, 4.69) is 16.8 Å². The zero-order valence-electron chi connectivity index (χ0n) is 12.4. The van der Waals surface area contributed by atoms with Crippen LogP contribution in [0.25, 0.3) is 0 Å². The third kappa shape index (κ3) is 5.43. The molecule has 1 aliphatic rings. The van der Waals surface area contributed by atoms with Gasteiger partial charge in [0, 0.05) is 44.5 Å². The van der Waals surface area contributed by atoms with E-state index in [1.807, 2.05) is 6.08 Å². The third-order valence-electron chi connectivity index (χ3n) is 3.27. The molecule has 0 spiro atoms. The fraction of sp³-hybridized carbons (Fsp3) is 0.467. The minimum Gasteiger partial charge on any atom is -0.387 e. The Morgan fingerprint density at radius 1 is 1.24 bits per heavy atom. The van der Waals surface area contributed by atoms with Crippen LogP contribution in [0.2, 0.25) is 0 Å². The smallest absolute Gasteiger partial charge is 0.248 e. The monoisotopic (exact) mass is 293 g/mol. The van der Waals surface area contributed by atoms with E-state index >= 15 is 0 Å². The normalized spacial score (nSPS) is 16.2. The van der Waals surface area contributed by atoms with Gasteiger partial charge in [0.15, 0.2) is 0 Å². The summed E-state index contributed by atoms with van der Waals surface area (Å²) in [5.74, 6) is -0.267. The molecule has 1 rings (SSSR count). The Bertz CT molecular complexity index is 435. The molecule has 0 unspecified atom stereocenters. The number of carbonyl (C=O) groups excluding carboxylic acids is 2. The molecule has 0 aromatic heterocycles. The lowest BCUT2D eigenvalue weighted by molar-refractivity contribution is -0.135. The Balaban J connectivity index is 2.52. The van der Waals surface area contributed by atoms with Crippen molar-refractivity contribution in [2.45, 2.75) is 13.3 Å². The average Bonchev–Trinajstić information content (AvgIpc) is 2.54. The number of hydrogen-bond acceptors (Lipinski definition) is 4. The molecule has 0 aliphatic carbocycles. The van der Waals surface area contributed by atoms with E-state index in [9.17, 15) is 9.59 Å². The van der Waals surface area contributed by atoms with Crippen LogP contribution in [0, 0.1) is 0 Å². The molecule has 6 nitrogen and oxygen atoms in total. The molecule has 0 bridgehead atoms. The van der Waals surface area contributed by atoms with Crippen molar-refractivity contribution in [2.75, 3.05) is 32.8 Å². The quantitative estimate of drug-likeness (QED) is 0.688. The van der Waals surface area contributed by atoms with E-state index < -0.39 is 6.61 Å². The SMILES string of the molecule is C=C/C(=C\C=C\NC(=O)CC)N1CCN(C(=O)CO)CC1. The summed E-state index contributed by atoms with van der Waals surface area (Å²) >= 11 is 0. The number of nitrogens with one attached hydrogen (secondary N) is 1. The molecule has 1 heterocycles. The first-order valence-electron chi connectivity index (χ1n) is 7.04. The molecule has 0 radical (unpaired) electrons. The van der Waals surface area contributed by atoms with Gasteiger partial charge in [0.25, 0.3) is 0 Å². The molecule has 1 aliphatic heterocycles. The zero-order chi connectivity index (χ0) is 15.7. The molecule has 2 amide bonds. The van der Waals surface area contributed by atoms with Crippen LogP contribution in [0.15, 0.2) is 36.7 Å². The number of hydrogen-bond donors (Lipinski definition) is 2. The van der Waals surface area contributed by atoms with Gasteiger partial charge in [-0.15, -0.1) is 0 Å². The van der Waals surface area contributed by atoms with Crippen molar-refractivity contribution in [1.82, 2.24) is 15.1 Å². The summed E-state index contributed by atoms with van der Waals surface area (Å²) in [4.78, 5) is 26.2. The van der Waals surface area contributed by atoms with Gasteiger partial charge in [-0.3, -0.25) is 9.59 Å². The number of aliphatic hydroxyl groups is 1. The lowest BCUT2D eigenvalue weighted by Gasteiger charge is -2.36. The van der Waals surface area contributed by atoms with Crippen LogP contribution >= 0.6 is 0 Å². The largest absolute Gasteiger partial charge is 0.387 e. The standard InChI is InChI=1S/C15H23N3O3/c1-3-13(6-5-7-16-14(20)4-2)17-8-10-18(11-9-17)15(21)12-19/h3,5-7,19H,1,4,8-12H2,2H3,(H,16,20)/b7-5+,13-6+. The molecule has 2 N–H and O–H groups in total. The summed E-state index contributed by atoms with van der Waals surface area (Å²) in [6.45, 7) is 7.69. The van der Waals surface area contributed by atoms with E-state index in [1.165, 1.54) is 0 Å². The fourth-order valence-electron chi connectivity index (χ4n) is 2.01. The second-order valence-corrected chi connectivity index (χ2v) is 4.60. The van der Waals surface area contributed by atoms with Gasteiger partial charge >= 0.3 is 0 Å². The maximum atomic E-state index is 11.4. The third-order valence-corrected chi connectivity index (χ3v) is 3.27. The molecule has 0 saturated carbocycles. The second kappa shape index (κ2) is 8.97. The Morgan fingerprint density at radius 2 is 1.86 bits per heavy atom. The number of allylic oxidation sites excluding steroid dienone is 3. The highest BCUT2D eigenvalue weighted by Crippen LogP contribution is 2.10. The highest BCUT2D eigenvalue weighted by atomic mass is 16.3. The van der Waals surface area contributed by atoms with Crippen LogP contribution in [0.3, 0.4) is 0 Å². The van der Waals surface area contributed by atoms with Gasteiger partial charge in [0.1, 0.15) is 6.61 Å². The van der Waals surface area contributed by atoms with Gasteiger partial charge in [0.2, 0.25) is 11.8 Å². The van der Waals surface area contributed by atoms with Crippen LogP contribution in [-0.4, -0.2) is 59.5 Å². The summed E-state index contributed by atoms with van der Waals surface area (Å²) < 4.78 is 0. The number of piperazine rings is 1. The Kier molecular flexibility index (Phi) is 7.25. The fourth-order valence-corrected chi connectivity index (χ4v) is 2.01. The molecule has 21 heavy (non-hydrogen) atoms. The molecule has 1 fully saturated rings. The summed E-state index contributed by atoms with van der Waals surface area (Å²) in [7, 11) is 0. The van der Waals surface area contributed by atoms with Gasteiger partial charge in [-0.2, -0.15) is 0 Å². The first-order valence-corrected chi connectivity index (χ1v) is 7.04. The number of rotatable bonds is 6. The highest BCUT2D eigenvalue weighted by Gasteiger charge is 2.20. The number of amides is 2. The first kappa shape index (κ1) is 17.0. The molecule has 0 atom stereocenters. The number of nitrogens with zero attached hydrogens (tertiary/aromatic N) is 2. The Morgan fingerprint density at radius 3 is 2.38 bits per heavy atom. The highest BCUT2D eigenvalue weighted by molar-refractivity contribution is 5.77. The molecule has 6 heteroatoms.